The molecule has 0 aromatic carbocycles. The predicted octanol–water partition coefficient (Wildman–Crippen LogP) is 2.31. The third-order valence-corrected chi connectivity index (χ3v) is 3.42. The molecule has 4 nitrogen and oxygen atoms in total. The first-order valence-corrected chi connectivity index (χ1v) is 6.87. The van der Waals surface area contributed by atoms with Gasteiger partial charge in [0.1, 0.15) is 11.6 Å². The number of hydrogen-bond donors (Lipinski definition) is 1. The van der Waals surface area contributed by atoms with Crippen molar-refractivity contribution in [3.8, 4) is 0 Å². The molecule has 2 rings (SSSR count). The summed E-state index contributed by atoms with van der Waals surface area (Å²) in [4.78, 5) is 0. The van der Waals surface area contributed by atoms with E-state index in [1.165, 1.54) is 18.7 Å². The number of rotatable bonds is 5. The van der Waals surface area contributed by atoms with Gasteiger partial charge in [0.2, 0.25) is 0 Å². The van der Waals surface area contributed by atoms with Gasteiger partial charge in [-0.05, 0) is 18.8 Å². The second kappa shape index (κ2) is 5.63. The Balaban J connectivity index is 2.10. The summed E-state index contributed by atoms with van der Waals surface area (Å²) in [6.45, 7) is 8.81. The zero-order chi connectivity index (χ0) is 12.3. The van der Waals surface area contributed by atoms with Gasteiger partial charge >= 0.3 is 0 Å². The minimum Gasteiger partial charge on any atom is -0.312 e. The van der Waals surface area contributed by atoms with Crippen molar-refractivity contribution in [1.29, 1.82) is 0 Å². The molecule has 1 aliphatic rings. The Hall–Kier alpha value is -0.900. The molecule has 0 spiro atoms. The fourth-order valence-electron chi connectivity index (χ4n) is 2.41. The van der Waals surface area contributed by atoms with Crippen LogP contribution in [0.2, 0.25) is 0 Å². The van der Waals surface area contributed by atoms with Crippen LogP contribution in [0, 0.1) is 5.92 Å². The van der Waals surface area contributed by atoms with Gasteiger partial charge in [0.05, 0.1) is 6.04 Å². The molecular formula is C13H24N4. The summed E-state index contributed by atoms with van der Waals surface area (Å²) >= 11 is 0. The smallest absolute Gasteiger partial charge is 0.150 e. The van der Waals surface area contributed by atoms with Crippen LogP contribution in [0.3, 0.4) is 0 Å². The topological polar surface area (TPSA) is 42.7 Å². The molecule has 17 heavy (non-hydrogen) atoms. The van der Waals surface area contributed by atoms with E-state index in [9.17, 15) is 0 Å². The predicted molar refractivity (Wildman–Crippen MR) is 68.8 cm³/mol. The van der Waals surface area contributed by atoms with Crippen LogP contribution in [0.1, 0.15) is 57.7 Å². The summed E-state index contributed by atoms with van der Waals surface area (Å²) < 4.78 is 2.33. The van der Waals surface area contributed by atoms with E-state index in [2.05, 4.69) is 40.9 Å². The molecule has 1 aliphatic heterocycles. The zero-order valence-electron chi connectivity index (χ0n) is 11.2. The molecule has 1 aromatic rings. The van der Waals surface area contributed by atoms with Crippen LogP contribution in [0.5, 0.6) is 0 Å². The van der Waals surface area contributed by atoms with Crippen molar-refractivity contribution in [1.82, 2.24) is 20.1 Å². The number of hydrogen-bond acceptors (Lipinski definition) is 3. The van der Waals surface area contributed by atoms with Crippen LogP contribution in [-0.4, -0.2) is 21.3 Å². The average molecular weight is 236 g/mol. The number of fused-ring (bicyclic) bond motifs is 1. The first-order valence-electron chi connectivity index (χ1n) is 6.87. The van der Waals surface area contributed by atoms with E-state index in [1.54, 1.807) is 0 Å². The lowest BCUT2D eigenvalue weighted by Gasteiger charge is -2.24. The van der Waals surface area contributed by atoms with Crippen molar-refractivity contribution >= 4 is 0 Å². The number of aryl methyl sites for hydroxylation is 1. The summed E-state index contributed by atoms with van der Waals surface area (Å²) in [5.74, 6) is 3.06. The van der Waals surface area contributed by atoms with Crippen molar-refractivity contribution in [2.24, 2.45) is 5.92 Å². The normalized spacial score (nSPS) is 19.6. The molecule has 96 valence electrons. The third kappa shape index (κ3) is 2.86. The molecule has 0 aliphatic carbocycles. The summed E-state index contributed by atoms with van der Waals surface area (Å²) in [6, 6.07) is 0.411. The molecule has 1 aromatic heterocycles. The molecule has 0 bridgehead atoms. The maximum Gasteiger partial charge on any atom is 0.150 e. The standard InChI is InChI=1S/C13H24N4/c1-4-5-11-13-16-15-12(7-6-10(2)3)17(13)9-8-14-11/h10-11,14H,4-9H2,1-3H3. The van der Waals surface area contributed by atoms with Crippen LogP contribution in [0.4, 0.5) is 0 Å². The second-order valence-electron chi connectivity index (χ2n) is 5.35. The highest BCUT2D eigenvalue weighted by Gasteiger charge is 2.23. The van der Waals surface area contributed by atoms with Gasteiger partial charge in [0, 0.05) is 19.5 Å². The molecule has 4 heteroatoms. The molecule has 0 saturated heterocycles. The molecule has 1 atom stereocenters. The van der Waals surface area contributed by atoms with E-state index in [1.807, 2.05) is 0 Å². The highest BCUT2D eigenvalue weighted by molar-refractivity contribution is 5.04. The van der Waals surface area contributed by atoms with Crippen LogP contribution >= 0.6 is 0 Å². The van der Waals surface area contributed by atoms with E-state index in [0.717, 1.165) is 37.7 Å². The van der Waals surface area contributed by atoms with E-state index >= 15 is 0 Å². The molecule has 1 unspecified atom stereocenters. The van der Waals surface area contributed by atoms with Gasteiger partial charge in [-0.1, -0.05) is 27.2 Å². The Morgan fingerprint density at radius 3 is 2.94 bits per heavy atom. The maximum atomic E-state index is 4.39. The van der Waals surface area contributed by atoms with Gasteiger partial charge in [-0.25, -0.2) is 0 Å². The summed E-state index contributed by atoms with van der Waals surface area (Å²) in [7, 11) is 0. The first kappa shape index (κ1) is 12.6. The van der Waals surface area contributed by atoms with Crippen molar-refractivity contribution in [3.63, 3.8) is 0 Å². The van der Waals surface area contributed by atoms with Crippen molar-refractivity contribution in [2.75, 3.05) is 6.54 Å². The molecule has 2 heterocycles. The van der Waals surface area contributed by atoms with Crippen molar-refractivity contribution < 1.29 is 0 Å². The third-order valence-electron chi connectivity index (χ3n) is 3.42. The Labute approximate surface area is 104 Å². The van der Waals surface area contributed by atoms with Crippen molar-refractivity contribution in [2.45, 2.75) is 59.0 Å². The number of aromatic nitrogens is 3. The second-order valence-corrected chi connectivity index (χ2v) is 5.35. The quantitative estimate of drug-likeness (QED) is 0.853. The van der Waals surface area contributed by atoms with Gasteiger partial charge in [-0.2, -0.15) is 0 Å². The monoisotopic (exact) mass is 236 g/mol. The van der Waals surface area contributed by atoms with E-state index < -0.39 is 0 Å². The Morgan fingerprint density at radius 1 is 1.41 bits per heavy atom. The van der Waals surface area contributed by atoms with Crippen LogP contribution < -0.4 is 5.32 Å². The van der Waals surface area contributed by atoms with Crippen molar-refractivity contribution in [3.05, 3.63) is 11.6 Å². The van der Waals surface area contributed by atoms with Gasteiger partial charge in [-0.15, -0.1) is 10.2 Å². The first-order chi connectivity index (χ1) is 8.22. The minimum absolute atomic E-state index is 0.411. The van der Waals surface area contributed by atoms with Crippen LogP contribution in [-0.2, 0) is 13.0 Å². The van der Waals surface area contributed by atoms with Gasteiger partial charge in [0.15, 0.2) is 0 Å². The molecule has 0 radical (unpaired) electrons. The zero-order valence-corrected chi connectivity index (χ0v) is 11.2. The number of nitrogens with zero attached hydrogens (tertiary/aromatic N) is 3. The van der Waals surface area contributed by atoms with Gasteiger partial charge < -0.3 is 9.88 Å². The fourth-order valence-corrected chi connectivity index (χ4v) is 2.41. The minimum atomic E-state index is 0.411. The van der Waals surface area contributed by atoms with E-state index in [-0.39, 0.29) is 0 Å². The lowest BCUT2D eigenvalue weighted by Crippen LogP contribution is -2.34. The molecular weight excluding hydrogens is 212 g/mol. The lowest BCUT2D eigenvalue weighted by molar-refractivity contribution is 0.386. The lowest BCUT2D eigenvalue weighted by atomic mass is 10.1. The summed E-state index contributed by atoms with van der Waals surface area (Å²) in [5.41, 5.74) is 0. The maximum absolute atomic E-state index is 4.39. The van der Waals surface area contributed by atoms with Gasteiger partial charge in [0.25, 0.3) is 0 Å². The molecule has 0 fully saturated rings. The highest BCUT2D eigenvalue weighted by atomic mass is 15.3. The summed E-state index contributed by atoms with van der Waals surface area (Å²) in [5, 5.41) is 12.3. The Morgan fingerprint density at radius 2 is 2.24 bits per heavy atom. The van der Waals surface area contributed by atoms with Crippen LogP contribution in [0.25, 0.3) is 0 Å². The van der Waals surface area contributed by atoms with E-state index in [0.29, 0.717) is 6.04 Å². The summed E-state index contributed by atoms with van der Waals surface area (Å²) in [6.07, 6.45) is 4.60. The van der Waals surface area contributed by atoms with Gasteiger partial charge in [-0.3, -0.25) is 0 Å². The fraction of sp³-hybridized carbons (Fsp3) is 0.846. The Kier molecular flexibility index (Phi) is 4.15. The number of nitrogens with one attached hydrogen (secondary N) is 1. The SMILES string of the molecule is CCCC1NCCn2c(CCC(C)C)nnc21. The Bertz CT molecular complexity index is 356. The average Bonchev–Trinajstić information content (AvgIpc) is 2.71. The van der Waals surface area contributed by atoms with Crippen LogP contribution in [0.15, 0.2) is 0 Å². The largest absolute Gasteiger partial charge is 0.312 e. The molecule has 1 N–H and O–H groups in total. The highest BCUT2D eigenvalue weighted by Crippen LogP contribution is 2.21. The molecule has 0 amide bonds. The van der Waals surface area contributed by atoms with E-state index in [4.69, 9.17) is 0 Å². The molecule has 0 saturated carbocycles.